The fraction of sp³-hybridized carbons (Fsp3) is 0.250. The average Bonchev–Trinajstić information content (AvgIpc) is 2.45. The van der Waals surface area contributed by atoms with Crippen molar-refractivity contribution < 1.29 is 13.6 Å². The Morgan fingerprint density at radius 1 is 0.864 bits per heavy atom. The van der Waals surface area contributed by atoms with Crippen LogP contribution in [0.1, 0.15) is 22.3 Å². The monoisotopic (exact) mass is 445 g/mol. The maximum Gasteiger partial charge on any atom is 0.698 e. The maximum absolute atomic E-state index is 11.8. The Bertz CT molecular complexity index is 632. The summed E-state index contributed by atoms with van der Waals surface area (Å²) in [6.45, 7) is 4.52. The van der Waals surface area contributed by atoms with Gasteiger partial charge in [0.1, 0.15) is 13.2 Å². The van der Waals surface area contributed by atoms with E-state index in [9.17, 15) is 4.57 Å². The molecular weight excluding hydrogens is 431 g/mol. The molecule has 2 aromatic rings. The predicted molar refractivity (Wildman–Crippen MR) is 94.9 cm³/mol. The molecule has 0 aliphatic rings. The fourth-order valence-electron chi connectivity index (χ4n) is 1.92. The van der Waals surface area contributed by atoms with Crippen molar-refractivity contribution in [2.75, 3.05) is 0 Å². The van der Waals surface area contributed by atoms with Gasteiger partial charge < -0.3 is 0 Å². The molecule has 0 saturated carbocycles. The average molecular weight is 447 g/mol. The third kappa shape index (κ3) is 5.25. The Hall–Kier alpha value is -0.580. The highest BCUT2D eigenvalue weighted by Gasteiger charge is 2.21. The first-order valence-corrected chi connectivity index (χ1v) is 9.37. The zero-order valence-corrected chi connectivity index (χ0v) is 16.4. The molecule has 0 atom stereocenters. The van der Waals surface area contributed by atoms with Gasteiger partial charge in [-0.3, -0.25) is 0 Å². The Morgan fingerprint density at radius 2 is 1.27 bits per heavy atom. The lowest BCUT2D eigenvalue weighted by molar-refractivity contribution is 0.212. The summed E-state index contributed by atoms with van der Waals surface area (Å²) in [7, 11) is -2.14. The highest BCUT2D eigenvalue weighted by Crippen LogP contribution is 2.29. The Labute approximate surface area is 148 Å². The molecule has 0 heterocycles. The second kappa shape index (κ2) is 8.32. The first kappa shape index (κ1) is 17.8. The van der Waals surface area contributed by atoms with Gasteiger partial charge in [0.15, 0.2) is 0 Å². The molecule has 0 fully saturated rings. The van der Waals surface area contributed by atoms with Gasteiger partial charge in [-0.25, -0.2) is 0 Å². The summed E-state index contributed by atoms with van der Waals surface area (Å²) in [6, 6.07) is 11.8. The maximum atomic E-state index is 11.8. The molecule has 0 N–H and O–H groups in total. The minimum absolute atomic E-state index is 0.271. The SMILES string of the molecule is Cc1cc(Br)ccc1CO[P+](=O)OCc1ccc(Br)cc1C. The van der Waals surface area contributed by atoms with E-state index in [1.807, 2.05) is 50.2 Å². The van der Waals surface area contributed by atoms with Crippen LogP contribution in [0, 0.1) is 13.8 Å². The van der Waals surface area contributed by atoms with Crippen LogP contribution in [0.4, 0.5) is 0 Å². The van der Waals surface area contributed by atoms with Gasteiger partial charge in [0.2, 0.25) is 0 Å². The van der Waals surface area contributed by atoms with Gasteiger partial charge in [-0.2, -0.15) is 0 Å². The van der Waals surface area contributed by atoms with Crippen molar-refractivity contribution in [2.45, 2.75) is 27.1 Å². The molecule has 0 aliphatic carbocycles. The third-order valence-electron chi connectivity index (χ3n) is 3.26. The van der Waals surface area contributed by atoms with Crippen LogP contribution in [0.3, 0.4) is 0 Å². The Kier molecular flexibility index (Phi) is 6.72. The third-order valence-corrected chi connectivity index (χ3v) is 4.93. The second-order valence-corrected chi connectivity index (χ2v) is 7.71. The lowest BCUT2D eigenvalue weighted by Crippen LogP contribution is -1.94. The van der Waals surface area contributed by atoms with Gasteiger partial charge in [0.05, 0.1) is 0 Å². The van der Waals surface area contributed by atoms with E-state index in [1.54, 1.807) is 0 Å². The van der Waals surface area contributed by atoms with Crippen molar-refractivity contribution in [3.8, 4) is 0 Å². The zero-order valence-electron chi connectivity index (χ0n) is 12.3. The molecule has 2 rings (SSSR count). The van der Waals surface area contributed by atoms with E-state index in [0.29, 0.717) is 0 Å². The van der Waals surface area contributed by atoms with E-state index in [4.69, 9.17) is 9.05 Å². The summed E-state index contributed by atoms with van der Waals surface area (Å²) in [5.41, 5.74) is 4.16. The molecule has 0 amide bonds. The zero-order chi connectivity index (χ0) is 16.1. The number of rotatable bonds is 6. The molecular formula is C16H16Br2O3P+. The van der Waals surface area contributed by atoms with Crippen molar-refractivity contribution >= 4 is 40.1 Å². The van der Waals surface area contributed by atoms with Crippen LogP contribution >= 0.6 is 40.1 Å². The highest BCUT2D eigenvalue weighted by atomic mass is 79.9. The fourth-order valence-corrected chi connectivity index (χ4v) is 3.44. The van der Waals surface area contributed by atoms with Crippen molar-refractivity contribution in [1.29, 1.82) is 0 Å². The van der Waals surface area contributed by atoms with Crippen molar-refractivity contribution in [3.63, 3.8) is 0 Å². The lowest BCUT2D eigenvalue weighted by Gasteiger charge is -2.03. The van der Waals surface area contributed by atoms with E-state index in [2.05, 4.69) is 31.9 Å². The number of hydrogen-bond donors (Lipinski definition) is 0. The topological polar surface area (TPSA) is 35.5 Å². The molecule has 0 unspecified atom stereocenters. The first-order valence-electron chi connectivity index (χ1n) is 6.69. The summed E-state index contributed by atoms with van der Waals surface area (Å²) < 4.78 is 24.5. The number of aryl methyl sites for hydroxylation is 2. The van der Waals surface area contributed by atoms with Gasteiger partial charge in [0.25, 0.3) is 0 Å². The lowest BCUT2D eigenvalue weighted by atomic mass is 10.1. The molecule has 0 radical (unpaired) electrons. The molecule has 3 nitrogen and oxygen atoms in total. The molecule has 2 aromatic carbocycles. The molecule has 0 bridgehead atoms. The standard InChI is InChI=1S/C16H16Br2O3P/c1-11-7-15(17)5-3-13(11)9-20-22(19)21-10-14-4-6-16(18)8-12(14)2/h3-8H,9-10H2,1-2H3/q+1. The van der Waals surface area contributed by atoms with Crippen LogP contribution in [-0.4, -0.2) is 0 Å². The van der Waals surface area contributed by atoms with Crippen LogP contribution in [0.25, 0.3) is 0 Å². The number of halogens is 2. The molecule has 0 saturated heterocycles. The minimum Gasteiger partial charge on any atom is -0.114 e. The molecule has 0 spiro atoms. The van der Waals surface area contributed by atoms with Gasteiger partial charge in [0, 0.05) is 13.5 Å². The normalized spacial score (nSPS) is 10.7. The van der Waals surface area contributed by atoms with Gasteiger partial charge in [-0.05, 0) is 60.4 Å². The van der Waals surface area contributed by atoms with E-state index in [-0.39, 0.29) is 13.2 Å². The van der Waals surface area contributed by atoms with E-state index in [1.165, 1.54) is 0 Å². The number of benzene rings is 2. The van der Waals surface area contributed by atoms with Gasteiger partial charge >= 0.3 is 8.25 Å². The molecule has 22 heavy (non-hydrogen) atoms. The van der Waals surface area contributed by atoms with Crippen LogP contribution in [0.5, 0.6) is 0 Å². The largest absolute Gasteiger partial charge is 0.698 e. The van der Waals surface area contributed by atoms with Crippen molar-refractivity contribution in [3.05, 3.63) is 67.6 Å². The summed E-state index contributed by atoms with van der Waals surface area (Å²) in [5.74, 6) is 0. The van der Waals surface area contributed by atoms with E-state index in [0.717, 1.165) is 31.2 Å². The van der Waals surface area contributed by atoms with Crippen LogP contribution in [-0.2, 0) is 26.8 Å². The predicted octanol–water partition coefficient (Wildman–Crippen LogP) is 6.22. The van der Waals surface area contributed by atoms with E-state index >= 15 is 0 Å². The van der Waals surface area contributed by atoms with Gasteiger partial charge in [-0.15, -0.1) is 9.05 Å². The van der Waals surface area contributed by atoms with E-state index < -0.39 is 8.25 Å². The molecule has 116 valence electrons. The molecule has 0 aromatic heterocycles. The van der Waals surface area contributed by atoms with Crippen LogP contribution < -0.4 is 0 Å². The van der Waals surface area contributed by atoms with Crippen molar-refractivity contribution in [2.24, 2.45) is 0 Å². The smallest absolute Gasteiger partial charge is 0.114 e. The summed E-state index contributed by atoms with van der Waals surface area (Å²) in [5, 5.41) is 0. The summed E-state index contributed by atoms with van der Waals surface area (Å²) in [4.78, 5) is 0. The molecule has 6 heteroatoms. The van der Waals surface area contributed by atoms with Gasteiger partial charge in [-0.1, -0.05) is 44.0 Å². The number of hydrogen-bond acceptors (Lipinski definition) is 3. The Balaban J connectivity index is 1.85. The first-order chi connectivity index (χ1) is 10.5. The second-order valence-electron chi connectivity index (χ2n) is 4.91. The highest BCUT2D eigenvalue weighted by molar-refractivity contribution is 9.10. The minimum atomic E-state index is -2.14. The Morgan fingerprint density at radius 3 is 1.64 bits per heavy atom. The van der Waals surface area contributed by atoms with Crippen LogP contribution in [0.15, 0.2) is 45.3 Å². The summed E-state index contributed by atoms with van der Waals surface area (Å²) >= 11 is 6.82. The summed E-state index contributed by atoms with van der Waals surface area (Å²) in [6.07, 6.45) is 0. The van der Waals surface area contributed by atoms with Crippen molar-refractivity contribution in [1.82, 2.24) is 0 Å². The van der Waals surface area contributed by atoms with Crippen LogP contribution in [0.2, 0.25) is 0 Å². The molecule has 0 aliphatic heterocycles. The quantitative estimate of drug-likeness (QED) is 0.494.